The van der Waals surface area contributed by atoms with Crippen molar-refractivity contribution in [2.45, 2.75) is 57.4 Å². The van der Waals surface area contributed by atoms with Gasteiger partial charge in [0.2, 0.25) is 5.78 Å². The number of aliphatic hydroxyl groups is 1. The molecule has 0 radical (unpaired) electrons. The van der Waals surface area contributed by atoms with E-state index >= 15 is 0 Å². The van der Waals surface area contributed by atoms with E-state index in [1.165, 1.54) is 13.0 Å². The summed E-state index contributed by atoms with van der Waals surface area (Å²) in [6, 6.07) is 0. The maximum absolute atomic E-state index is 13.5. The molecule has 0 saturated heterocycles. The van der Waals surface area contributed by atoms with Crippen molar-refractivity contribution in [1.29, 1.82) is 0 Å². The van der Waals surface area contributed by atoms with Crippen LogP contribution in [0.3, 0.4) is 0 Å². The highest BCUT2D eigenvalue weighted by atomic mass is 35.5. The molecule has 0 amide bonds. The monoisotopic (exact) mass is 434 g/mol. The summed E-state index contributed by atoms with van der Waals surface area (Å²) < 4.78 is 4.85. The highest BCUT2D eigenvalue weighted by Gasteiger charge is 2.69. The van der Waals surface area contributed by atoms with Crippen molar-refractivity contribution in [2.75, 3.05) is 6.61 Å². The van der Waals surface area contributed by atoms with Gasteiger partial charge in [-0.3, -0.25) is 19.2 Å². The van der Waals surface area contributed by atoms with Gasteiger partial charge in [-0.1, -0.05) is 19.9 Å². The molecule has 0 bridgehead atoms. The van der Waals surface area contributed by atoms with Crippen LogP contribution in [-0.2, 0) is 23.9 Å². The van der Waals surface area contributed by atoms with Gasteiger partial charge in [0, 0.05) is 30.1 Å². The molecule has 1 N–H and O–H groups in total. The highest BCUT2D eigenvalue weighted by Crippen LogP contribution is 2.66. The third kappa shape index (κ3) is 2.79. The number of carbonyl (C=O) groups excluding carboxylic acids is 4. The van der Waals surface area contributed by atoms with Gasteiger partial charge in [-0.25, -0.2) is 0 Å². The second kappa shape index (κ2) is 6.86. The summed E-state index contributed by atoms with van der Waals surface area (Å²) in [5.41, 5.74) is -2.51. The Balaban J connectivity index is 1.71. The SMILES string of the molecule is CC(=O)OCC(=O)[C@]1(O)CC[C@H]2[C@@H]3C[C@H](Cl)C4=CC(=O)C=C[C@]4(C)[C@H]3C(=O)C[C@@]21C. The molecule has 0 heterocycles. The van der Waals surface area contributed by atoms with Crippen LogP contribution >= 0.6 is 11.6 Å². The lowest BCUT2D eigenvalue weighted by Gasteiger charge is -2.57. The lowest BCUT2D eigenvalue weighted by molar-refractivity contribution is -0.172. The fourth-order valence-electron chi connectivity index (χ4n) is 6.79. The predicted molar refractivity (Wildman–Crippen MR) is 109 cm³/mol. The number of ether oxygens (including phenoxy) is 1. The first-order valence-electron chi connectivity index (χ1n) is 10.4. The molecule has 30 heavy (non-hydrogen) atoms. The van der Waals surface area contributed by atoms with Crippen LogP contribution in [0.25, 0.3) is 0 Å². The van der Waals surface area contributed by atoms with Gasteiger partial charge in [0.15, 0.2) is 12.4 Å². The third-order valence-corrected chi connectivity index (χ3v) is 8.67. The number of fused-ring (bicyclic) bond motifs is 5. The molecule has 7 heteroatoms. The molecule has 162 valence electrons. The minimum atomic E-state index is -1.72. The van der Waals surface area contributed by atoms with Crippen molar-refractivity contribution in [3.8, 4) is 0 Å². The number of hydrogen-bond acceptors (Lipinski definition) is 6. The van der Waals surface area contributed by atoms with Gasteiger partial charge in [0.05, 0.1) is 5.38 Å². The van der Waals surface area contributed by atoms with Crippen LogP contribution in [0.4, 0.5) is 0 Å². The number of allylic oxidation sites excluding steroid dienone is 4. The Morgan fingerprint density at radius 1 is 1.30 bits per heavy atom. The molecule has 0 spiro atoms. The smallest absolute Gasteiger partial charge is 0.303 e. The van der Waals surface area contributed by atoms with E-state index in [-0.39, 0.29) is 47.5 Å². The van der Waals surface area contributed by atoms with E-state index in [1.807, 2.05) is 19.9 Å². The largest absolute Gasteiger partial charge is 0.458 e. The average Bonchev–Trinajstić information content (AvgIpc) is 2.93. The summed E-state index contributed by atoms with van der Waals surface area (Å²) >= 11 is 6.71. The van der Waals surface area contributed by atoms with Crippen molar-refractivity contribution >= 4 is 34.9 Å². The molecule has 6 nitrogen and oxygen atoms in total. The topological polar surface area (TPSA) is 97.7 Å². The Bertz CT molecular complexity index is 905. The molecule has 3 saturated carbocycles. The van der Waals surface area contributed by atoms with E-state index in [1.54, 1.807) is 6.08 Å². The maximum atomic E-state index is 13.5. The van der Waals surface area contributed by atoms with E-state index in [2.05, 4.69) is 0 Å². The van der Waals surface area contributed by atoms with E-state index in [9.17, 15) is 24.3 Å². The fraction of sp³-hybridized carbons (Fsp3) is 0.652. The normalized spacial score (nSPS) is 44.6. The number of alkyl halides is 1. The summed E-state index contributed by atoms with van der Waals surface area (Å²) in [5, 5.41) is 11.1. The Labute approximate surface area is 180 Å². The number of carbonyl (C=O) groups is 4. The minimum Gasteiger partial charge on any atom is -0.458 e. The van der Waals surface area contributed by atoms with Gasteiger partial charge in [-0.05, 0) is 48.8 Å². The zero-order valence-corrected chi connectivity index (χ0v) is 18.2. The second-order valence-corrected chi connectivity index (χ2v) is 10.3. The van der Waals surface area contributed by atoms with Gasteiger partial charge in [-0.2, -0.15) is 0 Å². The van der Waals surface area contributed by atoms with Gasteiger partial charge < -0.3 is 9.84 Å². The van der Waals surface area contributed by atoms with Crippen LogP contribution < -0.4 is 0 Å². The summed E-state index contributed by atoms with van der Waals surface area (Å²) in [7, 11) is 0. The second-order valence-electron chi connectivity index (χ2n) is 9.73. The molecule has 0 aromatic heterocycles. The maximum Gasteiger partial charge on any atom is 0.303 e. The molecule has 7 atom stereocenters. The Hall–Kier alpha value is -1.79. The van der Waals surface area contributed by atoms with E-state index in [4.69, 9.17) is 16.3 Å². The molecular weight excluding hydrogens is 408 g/mol. The summed E-state index contributed by atoms with van der Waals surface area (Å²) in [4.78, 5) is 49.4. The number of esters is 1. The molecule has 4 aliphatic rings. The van der Waals surface area contributed by atoms with Crippen LogP contribution in [-0.4, -0.2) is 46.0 Å². The quantitative estimate of drug-likeness (QED) is 0.541. The Kier molecular flexibility index (Phi) is 4.90. The number of rotatable bonds is 3. The lowest BCUT2D eigenvalue weighted by atomic mass is 9.46. The van der Waals surface area contributed by atoms with E-state index in [0.717, 1.165) is 5.57 Å². The fourth-order valence-corrected chi connectivity index (χ4v) is 7.30. The van der Waals surface area contributed by atoms with Crippen molar-refractivity contribution < 1.29 is 29.0 Å². The van der Waals surface area contributed by atoms with Crippen molar-refractivity contribution in [3.05, 3.63) is 23.8 Å². The van der Waals surface area contributed by atoms with Crippen LogP contribution in [0, 0.1) is 28.6 Å². The third-order valence-electron chi connectivity index (χ3n) is 8.26. The molecule has 0 aliphatic heterocycles. The molecule has 3 fully saturated rings. The number of halogens is 1. The van der Waals surface area contributed by atoms with Gasteiger partial charge in [0.1, 0.15) is 11.4 Å². The van der Waals surface area contributed by atoms with E-state index in [0.29, 0.717) is 12.8 Å². The Morgan fingerprint density at radius 3 is 2.67 bits per heavy atom. The van der Waals surface area contributed by atoms with Gasteiger partial charge >= 0.3 is 5.97 Å². The van der Waals surface area contributed by atoms with Gasteiger partial charge in [-0.15, -0.1) is 11.6 Å². The zero-order chi connectivity index (χ0) is 22.1. The summed E-state index contributed by atoms with van der Waals surface area (Å²) in [5.74, 6) is -1.79. The molecule has 4 rings (SSSR count). The Morgan fingerprint density at radius 2 is 2.00 bits per heavy atom. The van der Waals surface area contributed by atoms with E-state index < -0.39 is 34.8 Å². The number of Topliss-reactive ketones (excluding diaryl/α,β-unsaturated/α-hetero) is 2. The van der Waals surface area contributed by atoms with Crippen LogP contribution in [0.1, 0.15) is 46.5 Å². The van der Waals surface area contributed by atoms with Crippen LogP contribution in [0.5, 0.6) is 0 Å². The van der Waals surface area contributed by atoms with Gasteiger partial charge in [0.25, 0.3) is 0 Å². The summed E-state index contributed by atoms with van der Waals surface area (Å²) in [6.07, 6.45) is 6.28. The average molecular weight is 435 g/mol. The standard InChI is InChI=1S/C23H27ClO6/c1-12(25)30-11-19(28)23(29)7-5-15-14-9-17(24)16-8-13(26)4-6-21(16,2)20(14)18(27)10-22(15,23)3/h4,6,8,14-15,17,20,29H,5,7,9-11H2,1-3H3/t14-,15-,17-,20+,21-,22-,23+/m0/s1. The number of hydrogen-bond donors (Lipinski definition) is 1. The summed E-state index contributed by atoms with van der Waals surface area (Å²) in [6.45, 7) is 4.48. The van der Waals surface area contributed by atoms with Crippen molar-refractivity contribution in [1.82, 2.24) is 0 Å². The minimum absolute atomic E-state index is 0.0182. The first-order valence-corrected chi connectivity index (χ1v) is 10.9. The highest BCUT2D eigenvalue weighted by molar-refractivity contribution is 6.23. The van der Waals surface area contributed by atoms with Crippen LogP contribution in [0.15, 0.2) is 23.8 Å². The van der Waals surface area contributed by atoms with Crippen molar-refractivity contribution in [3.63, 3.8) is 0 Å². The molecular formula is C23H27ClO6. The molecule has 0 unspecified atom stereocenters. The van der Waals surface area contributed by atoms with Crippen molar-refractivity contribution in [2.24, 2.45) is 28.6 Å². The molecule has 0 aromatic rings. The first kappa shape index (κ1) is 21.4. The molecule has 0 aromatic carbocycles. The lowest BCUT2D eigenvalue weighted by Crippen LogP contribution is -2.61. The molecule has 4 aliphatic carbocycles. The van der Waals surface area contributed by atoms with Crippen LogP contribution in [0.2, 0.25) is 0 Å². The zero-order valence-electron chi connectivity index (χ0n) is 17.4. The predicted octanol–water partition coefficient (Wildman–Crippen LogP) is 2.55. The number of ketones is 3. The first-order chi connectivity index (χ1) is 13.9.